The van der Waals surface area contributed by atoms with E-state index in [1.165, 1.54) is 7.05 Å². The van der Waals surface area contributed by atoms with Gasteiger partial charge in [-0.1, -0.05) is 41.5 Å². The third-order valence-electron chi connectivity index (χ3n) is 2.64. The van der Waals surface area contributed by atoms with Crippen LogP contribution in [0.25, 0.3) is 0 Å². The average molecular weight is 239 g/mol. The predicted molar refractivity (Wildman–Crippen MR) is 67.6 cm³/mol. The van der Waals surface area contributed by atoms with E-state index in [2.05, 4.69) is 0 Å². The lowest BCUT2D eigenvalue weighted by Gasteiger charge is -2.27. The summed E-state index contributed by atoms with van der Waals surface area (Å²) in [6.45, 7) is 11.6. The second-order valence-electron chi connectivity index (χ2n) is 6.44. The summed E-state index contributed by atoms with van der Waals surface area (Å²) in [6, 6.07) is 0. The highest BCUT2D eigenvalue weighted by Gasteiger charge is 2.31. The molecule has 0 spiro atoms. The predicted octanol–water partition coefficient (Wildman–Crippen LogP) is 1.93. The molecule has 0 aromatic carbocycles. The third-order valence-corrected chi connectivity index (χ3v) is 2.64. The highest BCUT2D eigenvalue weighted by molar-refractivity contribution is 5.27. The van der Waals surface area contributed by atoms with Crippen molar-refractivity contribution in [1.29, 1.82) is 0 Å². The van der Waals surface area contributed by atoms with Crippen molar-refractivity contribution in [2.24, 2.45) is 7.05 Å². The Labute approximate surface area is 101 Å². The first-order valence-electron chi connectivity index (χ1n) is 5.71. The summed E-state index contributed by atoms with van der Waals surface area (Å²) in [4.78, 5) is 23.8. The second kappa shape index (κ2) is 3.86. The fraction of sp³-hybridized carbons (Fsp3) is 0.692. The van der Waals surface area contributed by atoms with Crippen LogP contribution in [0.1, 0.15) is 52.9 Å². The molecule has 1 aromatic heterocycles. The summed E-state index contributed by atoms with van der Waals surface area (Å²) < 4.78 is 6.34. The molecule has 0 radical (unpaired) electrons. The molecular formula is C13H21NO3. The Morgan fingerprint density at radius 3 is 1.76 bits per heavy atom. The summed E-state index contributed by atoms with van der Waals surface area (Å²) in [6.07, 6.45) is 0. The molecule has 0 atom stereocenters. The molecule has 4 heteroatoms. The van der Waals surface area contributed by atoms with Gasteiger partial charge in [-0.05, 0) is 5.41 Å². The number of nitrogens with zero attached hydrogens (tertiary/aromatic N) is 1. The van der Waals surface area contributed by atoms with E-state index in [9.17, 15) is 9.59 Å². The molecule has 0 amide bonds. The van der Waals surface area contributed by atoms with Gasteiger partial charge >= 0.3 is 5.76 Å². The molecule has 1 aromatic rings. The zero-order chi connectivity index (χ0) is 13.6. The maximum absolute atomic E-state index is 12.2. The maximum atomic E-state index is 12.2. The van der Waals surface area contributed by atoms with Gasteiger partial charge in [0.1, 0.15) is 5.76 Å². The summed E-state index contributed by atoms with van der Waals surface area (Å²) in [7, 11) is 1.44. The van der Waals surface area contributed by atoms with E-state index in [0.29, 0.717) is 11.3 Å². The van der Waals surface area contributed by atoms with Crippen LogP contribution in [0.2, 0.25) is 0 Å². The third kappa shape index (κ3) is 2.51. The van der Waals surface area contributed by atoms with Crippen LogP contribution in [0, 0.1) is 0 Å². The molecule has 96 valence electrons. The molecule has 0 aliphatic heterocycles. The van der Waals surface area contributed by atoms with E-state index in [-0.39, 0.29) is 16.4 Å². The fourth-order valence-corrected chi connectivity index (χ4v) is 1.74. The van der Waals surface area contributed by atoms with Gasteiger partial charge in [0.25, 0.3) is 5.56 Å². The number of rotatable bonds is 0. The Balaban J connectivity index is 3.85. The first-order valence-corrected chi connectivity index (χ1v) is 5.71. The maximum Gasteiger partial charge on any atom is 0.421 e. The van der Waals surface area contributed by atoms with Gasteiger partial charge in [0.05, 0.1) is 5.56 Å². The summed E-state index contributed by atoms with van der Waals surface area (Å²) in [5.74, 6) is -0.119. The minimum absolute atomic E-state index is 0.265. The molecule has 1 rings (SSSR count). The van der Waals surface area contributed by atoms with Gasteiger partial charge in [0.15, 0.2) is 0 Å². The van der Waals surface area contributed by atoms with Gasteiger partial charge in [0, 0.05) is 12.5 Å². The monoisotopic (exact) mass is 239 g/mol. The van der Waals surface area contributed by atoms with Gasteiger partial charge in [-0.25, -0.2) is 9.36 Å². The molecule has 0 N–H and O–H groups in total. The number of hydrogen-bond acceptors (Lipinski definition) is 3. The molecule has 0 aliphatic carbocycles. The van der Waals surface area contributed by atoms with Crippen molar-refractivity contribution in [1.82, 2.24) is 4.57 Å². The Hall–Kier alpha value is -1.32. The molecule has 0 bridgehead atoms. The standard InChI is InChI=1S/C13H21NO3/c1-12(2,3)8-9(13(4,5)6)17-11(16)14(7)10(8)15/h1-7H3. The largest absolute Gasteiger partial charge is 0.421 e. The van der Waals surface area contributed by atoms with Gasteiger partial charge in [-0.2, -0.15) is 0 Å². The van der Waals surface area contributed by atoms with Crippen LogP contribution >= 0.6 is 0 Å². The molecule has 4 nitrogen and oxygen atoms in total. The van der Waals surface area contributed by atoms with Crippen LogP contribution in [0.3, 0.4) is 0 Å². The van der Waals surface area contributed by atoms with E-state index in [1.54, 1.807) is 0 Å². The van der Waals surface area contributed by atoms with Crippen molar-refractivity contribution < 1.29 is 4.42 Å². The van der Waals surface area contributed by atoms with E-state index < -0.39 is 5.76 Å². The second-order valence-corrected chi connectivity index (χ2v) is 6.44. The normalized spacial score (nSPS) is 12.9. The first-order chi connectivity index (χ1) is 7.46. The first kappa shape index (κ1) is 13.7. The van der Waals surface area contributed by atoms with Crippen molar-refractivity contribution in [3.63, 3.8) is 0 Å². The van der Waals surface area contributed by atoms with Crippen molar-refractivity contribution in [2.75, 3.05) is 0 Å². The molecule has 0 fully saturated rings. The van der Waals surface area contributed by atoms with Crippen molar-refractivity contribution in [3.8, 4) is 0 Å². The molecule has 1 heterocycles. The molecule has 17 heavy (non-hydrogen) atoms. The topological polar surface area (TPSA) is 52.2 Å². The number of aromatic nitrogens is 1. The molecule has 0 aliphatic rings. The van der Waals surface area contributed by atoms with Gasteiger partial charge in [-0.3, -0.25) is 4.79 Å². The smallest absolute Gasteiger partial charge is 0.413 e. The van der Waals surface area contributed by atoms with E-state index in [4.69, 9.17) is 4.42 Å². The zero-order valence-corrected chi connectivity index (χ0v) is 11.7. The lowest BCUT2D eigenvalue weighted by molar-refractivity contribution is 0.321. The highest BCUT2D eigenvalue weighted by atomic mass is 16.4. The van der Waals surface area contributed by atoms with Crippen molar-refractivity contribution in [2.45, 2.75) is 52.4 Å². The minimum Gasteiger partial charge on any atom is -0.413 e. The Morgan fingerprint density at radius 2 is 1.41 bits per heavy atom. The number of hydrogen-bond donors (Lipinski definition) is 0. The van der Waals surface area contributed by atoms with Crippen LogP contribution in [0.4, 0.5) is 0 Å². The van der Waals surface area contributed by atoms with Crippen LogP contribution < -0.4 is 11.3 Å². The van der Waals surface area contributed by atoms with Crippen LogP contribution in [0.5, 0.6) is 0 Å². The Morgan fingerprint density at radius 1 is 0.941 bits per heavy atom. The zero-order valence-electron chi connectivity index (χ0n) is 11.7. The summed E-state index contributed by atoms with van der Waals surface area (Å²) >= 11 is 0. The SMILES string of the molecule is Cn1c(=O)oc(C(C)(C)C)c(C(C)(C)C)c1=O. The molecular weight excluding hydrogens is 218 g/mol. The Kier molecular flexibility index (Phi) is 3.12. The quantitative estimate of drug-likeness (QED) is 0.695. The lowest BCUT2D eigenvalue weighted by atomic mass is 9.80. The molecule has 0 saturated heterocycles. The summed E-state index contributed by atoms with van der Waals surface area (Å²) in [5.41, 5.74) is -0.408. The van der Waals surface area contributed by atoms with Gasteiger partial charge in [-0.15, -0.1) is 0 Å². The highest BCUT2D eigenvalue weighted by Crippen LogP contribution is 2.30. The molecule has 0 saturated carbocycles. The van der Waals surface area contributed by atoms with E-state index in [1.807, 2.05) is 41.5 Å². The lowest BCUT2D eigenvalue weighted by Crippen LogP contribution is -2.40. The van der Waals surface area contributed by atoms with Crippen LogP contribution in [0.15, 0.2) is 14.0 Å². The van der Waals surface area contributed by atoms with Gasteiger partial charge in [0.2, 0.25) is 0 Å². The van der Waals surface area contributed by atoms with Gasteiger partial charge < -0.3 is 4.42 Å². The average Bonchev–Trinajstić information content (AvgIpc) is 2.09. The summed E-state index contributed by atoms with van der Waals surface area (Å²) in [5, 5.41) is 0. The van der Waals surface area contributed by atoms with E-state index in [0.717, 1.165) is 4.57 Å². The Bertz CT molecular complexity index is 536. The fourth-order valence-electron chi connectivity index (χ4n) is 1.74. The van der Waals surface area contributed by atoms with Crippen molar-refractivity contribution >= 4 is 0 Å². The van der Waals surface area contributed by atoms with Crippen LogP contribution in [-0.2, 0) is 17.9 Å². The minimum atomic E-state index is -0.604. The van der Waals surface area contributed by atoms with Crippen LogP contribution in [-0.4, -0.2) is 4.57 Å². The van der Waals surface area contributed by atoms with E-state index >= 15 is 0 Å². The molecule has 0 unspecified atom stereocenters. The van der Waals surface area contributed by atoms with Crippen molar-refractivity contribution in [3.05, 3.63) is 32.2 Å².